The van der Waals surface area contributed by atoms with Crippen molar-refractivity contribution in [3.63, 3.8) is 0 Å². The highest BCUT2D eigenvalue weighted by Crippen LogP contribution is 2.48. The number of carbonyl (C=O) groups is 4. The molecule has 0 radical (unpaired) electrons. The van der Waals surface area contributed by atoms with Gasteiger partial charge in [0.1, 0.15) is 0 Å². The van der Waals surface area contributed by atoms with E-state index in [1.165, 1.54) is 28.4 Å². The molecule has 9 rings (SSSR count). The highest BCUT2D eigenvalue weighted by Gasteiger charge is 2.29. The number of hydrogen-bond acceptors (Lipinski definition) is 10. The number of halogens is 4. The van der Waals surface area contributed by atoms with Gasteiger partial charge in [0, 0.05) is 44.3 Å². The van der Waals surface area contributed by atoms with Crippen molar-refractivity contribution < 1.29 is 38.1 Å². The molecule has 0 saturated carbocycles. The highest BCUT2D eigenvalue weighted by atomic mass is 35.5. The molecule has 0 fully saturated rings. The van der Waals surface area contributed by atoms with Crippen molar-refractivity contribution in [3.8, 4) is 44.5 Å². The molecule has 12 nitrogen and oxygen atoms in total. The molecule has 16 heteroatoms. The fourth-order valence-electron chi connectivity index (χ4n) is 8.11. The number of hydrogen-bond donors (Lipinski definition) is 2. The predicted molar refractivity (Wildman–Crippen MR) is 265 cm³/mol. The minimum Gasteiger partial charge on any atom is -0.465 e. The van der Waals surface area contributed by atoms with Crippen molar-refractivity contribution >= 4 is 112 Å². The summed E-state index contributed by atoms with van der Waals surface area (Å²) in [4.78, 5) is 67.9. The Morgan fingerprint density at radius 3 is 0.706 bits per heavy atom. The third kappa shape index (κ3) is 8.11. The number of fused-ring (bicyclic) bond motifs is 8. The number of benzene rings is 4. The van der Waals surface area contributed by atoms with E-state index in [0.29, 0.717) is 112 Å². The number of rotatable bonds is 8. The van der Waals surface area contributed by atoms with Gasteiger partial charge in [-0.15, -0.1) is 0 Å². The Hall–Kier alpha value is -7.48. The van der Waals surface area contributed by atoms with Crippen LogP contribution in [0.1, 0.15) is 64.2 Å². The molecule has 5 heterocycles. The van der Waals surface area contributed by atoms with E-state index in [0.717, 1.165) is 0 Å². The van der Waals surface area contributed by atoms with E-state index >= 15 is 0 Å². The van der Waals surface area contributed by atoms with Crippen molar-refractivity contribution in [1.82, 2.24) is 19.9 Å². The van der Waals surface area contributed by atoms with E-state index in [9.17, 15) is 19.2 Å². The maximum Gasteiger partial charge on any atom is 0.337 e. The van der Waals surface area contributed by atoms with Crippen LogP contribution in [0, 0.1) is 0 Å². The Bertz CT molecular complexity index is 3030. The highest BCUT2D eigenvalue weighted by molar-refractivity contribution is 6.67. The molecule has 4 aromatic carbocycles. The lowest BCUT2D eigenvalue weighted by Crippen LogP contribution is -2.00. The molecule has 0 amide bonds. The minimum absolute atomic E-state index is 0.127. The molecular weight excluding hydrogens is 950 g/mol. The number of nitrogens with zero attached hydrogens (tertiary/aromatic N) is 2. The van der Waals surface area contributed by atoms with Crippen LogP contribution in [0.15, 0.2) is 121 Å². The van der Waals surface area contributed by atoms with Gasteiger partial charge in [-0.1, -0.05) is 94.9 Å². The Morgan fingerprint density at radius 2 is 0.529 bits per heavy atom. The van der Waals surface area contributed by atoms with E-state index < -0.39 is 23.9 Å². The normalized spacial score (nSPS) is 12.2. The molecule has 0 saturated heterocycles. The first-order valence-corrected chi connectivity index (χ1v) is 22.0. The van der Waals surface area contributed by atoms with Crippen molar-refractivity contribution in [1.29, 1.82) is 0 Å². The van der Waals surface area contributed by atoms with Gasteiger partial charge in [0.15, 0.2) is 0 Å². The van der Waals surface area contributed by atoms with Gasteiger partial charge in [0.2, 0.25) is 0 Å². The Morgan fingerprint density at radius 1 is 0.338 bits per heavy atom. The number of aromatic amines is 2. The second-order valence-corrected chi connectivity index (χ2v) is 16.7. The smallest absolute Gasteiger partial charge is 0.337 e. The number of H-pyrrole nitrogens is 2. The number of ether oxygens (including phenoxy) is 4. The zero-order valence-corrected chi connectivity index (χ0v) is 39.2. The van der Waals surface area contributed by atoms with E-state index in [1.54, 1.807) is 97.1 Å². The van der Waals surface area contributed by atoms with Crippen molar-refractivity contribution in [3.05, 3.63) is 166 Å². The number of methoxy groups -OCH3 is 4. The van der Waals surface area contributed by atoms with Crippen molar-refractivity contribution in [2.75, 3.05) is 28.4 Å². The molecule has 0 atom stereocenters. The van der Waals surface area contributed by atoms with Crippen molar-refractivity contribution in [2.24, 2.45) is 0 Å². The van der Waals surface area contributed by atoms with Gasteiger partial charge in [-0.2, -0.15) is 0 Å². The van der Waals surface area contributed by atoms with E-state index in [-0.39, 0.29) is 20.1 Å². The molecule has 68 heavy (non-hydrogen) atoms. The van der Waals surface area contributed by atoms with Crippen LogP contribution in [0.25, 0.3) is 86.7 Å². The average Bonchev–Trinajstić information content (AvgIpc) is 4.17. The van der Waals surface area contributed by atoms with Crippen LogP contribution in [-0.2, 0) is 18.9 Å². The molecule has 8 bridgehead atoms. The largest absolute Gasteiger partial charge is 0.465 e. The molecule has 2 aliphatic rings. The molecule has 2 aliphatic heterocycles. The summed E-state index contributed by atoms with van der Waals surface area (Å²) >= 11 is 29.2. The number of nitrogens with one attached hydrogen (secondary N) is 2. The first-order chi connectivity index (χ1) is 32.8. The molecule has 338 valence electrons. The molecular formula is C52H34Cl4N4O8. The molecule has 2 N–H and O–H groups in total. The van der Waals surface area contributed by atoms with Crippen LogP contribution in [0.2, 0.25) is 0 Å². The maximum absolute atomic E-state index is 12.6. The van der Waals surface area contributed by atoms with Crippen LogP contribution >= 0.6 is 46.4 Å². The summed E-state index contributed by atoms with van der Waals surface area (Å²) in [6.45, 7) is 0. The summed E-state index contributed by atoms with van der Waals surface area (Å²) in [7, 11) is 5.22. The van der Waals surface area contributed by atoms with Crippen molar-refractivity contribution in [2.45, 2.75) is 0 Å². The second-order valence-electron chi connectivity index (χ2n) is 15.2. The summed E-state index contributed by atoms with van der Waals surface area (Å²) in [5, 5.41) is 0.507. The average molecular weight is 985 g/mol. The number of esters is 4. The number of aromatic nitrogens is 4. The van der Waals surface area contributed by atoms with Crippen LogP contribution in [0.3, 0.4) is 0 Å². The summed E-state index contributed by atoms with van der Waals surface area (Å²) in [5.41, 5.74) is 9.05. The zero-order chi connectivity index (χ0) is 48.0. The lowest BCUT2D eigenvalue weighted by Gasteiger charge is -2.09. The first kappa shape index (κ1) is 45.7. The third-order valence-corrected chi connectivity index (χ3v) is 13.1. The summed E-state index contributed by atoms with van der Waals surface area (Å²) in [6, 6.07) is 34.4. The fourth-order valence-corrected chi connectivity index (χ4v) is 9.02. The fraction of sp³-hybridized carbons (Fsp3) is 0.0769. The first-order valence-electron chi connectivity index (χ1n) is 20.5. The molecule has 3 aromatic heterocycles. The van der Waals surface area contributed by atoms with Crippen LogP contribution in [0.5, 0.6) is 0 Å². The predicted octanol–water partition coefficient (Wildman–Crippen LogP) is 12.7. The van der Waals surface area contributed by atoms with Gasteiger partial charge in [-0.25, -0.2) is 29.1 Å². The SMILES string of the molecule is COC(=O)c1ccc(-c2c3nc(c(-c4ccc(C(=O)OC)cc4)c4ccc([nH]4)c(-c4ccc(C(=O)OC)cc4)c4nc(c(-c5ccc(C(=O)OC)cc5)c5ccc2[nH]5)C(Cl)=C4Cl)C(Cl)=C3Cl)cc1. The Kier molecular flexibility index (Phi) is 12.5. The number of carbonyl (C=O) groups excluding carboxylic acids is 4. The van der Waals surface area contributed by atoms with Gasteiger partial charge >= 0.3 is 23.9 Å². The minimum atomic E-state index is -0.521. The van der Waals surface area contributed by atoms with E-state index in [2.05, 4.69) is 9.97 Å². The summed E-state index contributed by atoms with van der Waals surface area (Å²) in [5.74, 6) is -2.08. The van der Waals surface area contributed by atoms with Crippen LogP contribution in [-0.4, -0.2) is 72.3 Å². The van der Waals surface area contributed by atoms with E-state index in [4.69, 9.17) is 75.3 Å². The van der Waals surface area contributed by atoms with Crippen LogP contribution in [0.4, 0.5) is 0 Å². The molecule has 0 aliphatic carbocycles. The van der Waals surface area contributed by atoms with E-state index in [1.807, 2.05) is 24.3 Å². The topological polar surface area (TPSA) is 163 Å². The molecule has 0 unspecified atom stereocenters. The Balaban J connectivity index is 1.48. The molecule has 0 spiro atoms. The van der Waals surface area contributed by atoms with Crippen LogP contribution < -0.4 is 0 Å². The van der Waals surface area contributed by atoms with Gasteiger partial charge < -0.3 is 28.9 Å². The van der Waals surface area contributed by atoms with Gasteiger partial charge in [-0.3, -0.25) is 0 Å². The van der Waals surface area contributed by atoms with Gasteiger partial charge in [0.05, 0.1) is 93.6 Å². The summed E-state index contributed by atoms with van der Waals surface area (Å²) in [6.07, 6.45) is 0. The lowest BCUT2D eigenvalue weighted by atomic mass is 10.0. The summed E-state index contributed by atoms with van der Waals surface area (Å²) < 4.78 is 19.9. The standard InChI is InChI=1S/C52H34Cl4N4O8/c1-65-49(61)29-13-5-25(6-14-29)37-33-21-22-34(57-33)38(26-7-15-30(16-8-26)50(62)66-2)47-43(55)44(56)48(60-47)40(28-11-19-32(20-12-28)52(64)68-4)36-24-23-35(58-36)39(46-42(54)41(53)45(37)59-46)27-9-17-31(18-10-27)51(63)67-3/h5-24,57-58H,1-4H3. The van der Waals surface area contributed by atoms with Gasteiger partial charge in [0.25, 0.3) is 0 Å². The monoisotopic (exact) mass is 982 g/mol. The lowest BCUT2D eigenvalue weighted by molar-refractivity contribution is 0.0592. The third-order valence-electron chi connectivity index (χ3n) is 11.4. The zero-order valence-electron chi connectivity index (χ0n) is 36.2. The Labute approximate surface area is 407 Å². The molecule has 7 aromatic rings. The second kappa shape index (κ2) is 18.7. The quantitative estimate of drug-likeness (QED) is 0.111. The maximum atomic E-state index is 12.6. The van der Waals surface area contributed by atoms with Gasteiger partial charge in [-0.05, 0) is 95.1 Å².